The third-order valence-electron chi connectivity index (χ3n) is 3.74. The van der Waals surface area contributed by atoms with Gasteiger partial charge in [-0.3, -0.25) is 19.2 Å². The molecule has 138 valence electrons. The molecule has 0 aliphatic heterocycles. The molecule has 0 aliphatic carbocycles. The zero-order valence-electron chi connectivity index (χ0n) is 14.2. The van der Waals surface area contributed by atoms with Crippen LogP contribution in [0.15, 0.2) is 36.4 Å². The first-order valence-electron chi connectivity index (χ1n) is 7.30. The second kappa shape index (κ2) is 7.30. The van der Waals surface area contributed by atoms with Crippen molar-refractivity contribution in [1.29, 1.82) is 0 Å². The fourth-order valence-electron chi connectivity index (χ4n) is 2.12. The van der Waals surface area contributed by atoms with Crippen LogP contribution in [0, 0.1) is 17.0 Å². The van der Waals surface area contributed by atoms with Gasteiger partial charge in [0.2, 0.25) is 10.0 Å². The number of carbonyl (C=O) groups excluding carboxylic acids is 1. The van der Waals surface area contributed by atoms with Crippen molar-refractivity contribution in [1.82, 2.24) is 0 Å². The van der Waals surface area contributed by atoms with E-state index in [0.717, 1.165) is 10.6 Å². The minimum atomic E-state index is -3.46. The van der Waals surface area contributed by atoms with Crippen LogP contribution in [-0.4, -0.2) is 32.6 Å². The number of nitro benzene ring substituents is 1. The summed E-state index contributed by atoms with van der Waals surface area (Å²) in [5.41, 5.74) is 1.21. The van der Waals surface area contributed by atoms with Gasteiger partial charge in [-0.05, 0) is 30.7 Å². The molecule has 0 unspecified atom stereocenters. The lowest BCUT2D eigenvalue weighted by Crippen LogP contribution is -2.25. The molecule has 26 heavy (non-hydrogen) atoms. The number of rotatable bonds is 5. The molecular weight excluding hydrogens is 382 g/mol. The normalized spacial score (nSPS) is 11.1. The minimum Gasteiger partial charge on any atom is -0.321 e. The molecule has 8 nitrogen and oxygen atoms in total. The van der Waals surface area contributed by atoms with E-state index in [0.29, 0.717) is 11.3 Å². The minimum absolute atomic E-state index is 0.0542. The summed E-state index contributed by atoms with van der Waals surface area (Å²) in [6.45, 7) is 1.70. The van der Waals surface area contributed by atoms with E-state index < -0.39 is 20.9 Å². The lowest BCUT2D eigenvalue weighted by Gasteiger charge is -2.17. The molecule has 2 rings (SSSR count). The number of hydrogen-bond donors (Lipinski definition) is 1. The Bertz CT molecular complexity index is 991. The number of aryl methyl sites for hydroxylation is 1. The van der Waals surface area contributed by atoms with Crippen molar-refractivity contribution in [3.63, 3.8) is 0 Å². The van der Waals surface area contributed by atoms with E-state index in [1.54, 1.807) is 6.92 Å². The molecule has 10 heteroatoms. The maximum Gasteiger partial charge on any atom is 0.271 e. The summed E-state index contributed by atoms with van der Waals surface area (Å²) in [6, 6.07) is 8.32. The molecule has 2 aromatic rings. The number of anilines is 2. The predicted octanol–water partition coefficient (Wildman–Crippen LogP) is 3.20. The van der Waals surface area contributed by atoms with Gasteiger partial charge in [0.05, 0.1) is 33.1 Å². The number of carbonyl (C=O) groups is 1. The fraction of sp³-hybridized carbons (Fsp3) is 0.188. The molecule has 0 fully saturated rings. The van der Waals surface area contributed by atoms with E-state index in [1.165, 1.54) is 43.4 Å². The van der Waals surface area contributed by atoms with Crippen LogP contribution in [0.25, 0.3) is 0 Å². The second-order valence-electron chi connectivity index (χ2n) is 5.61. The van der Waals surface area contributed by atoms with Crippen molar-refractivity contribution in [3.8, 4) is 0 Å². The Morgan fingerprint density at radius 1 is 1.23 bits per heavy atom. The second-order valence-corrected chi connectivity index (χ2v) is 8.03. The molecule has 1 N–H and O–H groups in total. The average Bonchev–Trinajstić information content (AvgIpc) is 2.54. The lowest BCUT2D eigenvalue weighted by molar-refractivity contribution is -0.384. The first-order chi connectivity index (χ1) is 12.0. The summed E-state index contributed by atoms with van der Waals surface area (Å²) in [5, 5.41) is 13.5. The molecule has 2 aromatic carbocycles. The van der Waals surface area contributed by atoms with Gasteiger partial charge in [0.25, 0.3) is 11.6 Å². The maximum atomic E-state index is 12.4. The van der Waals surface area contributed by atoms with E-state index in [4.69, 9.17) is 11.6 Å². The van der Waals surface area contributed by atoms with Crippen LogP contribution in [0.1, 0.15) is 15.9 Å². The Morgan fingerprint density at radius 2 is 1.88 bits per heavy atom. The van der Waals surface area contributed by atoms with Gasteiger partial charge in [-0.1, -0.05) is 17.7 Å². The average molecular weight is 398 g/mol. The Balaban J connectivity index is 2.31. The number of amides is 1. The fourth-order valence-corrected chi connectivity index (χ4v) is 2.88. The van der Waals surface area contributed by atoms with E-state index in [2.05, 4.69) is 5.32 Å². The topological polar surface area (TPSA) is 110 Å². The van der Waals surface area contributed by atoms with Crippen molar-refractivity contribution >= 4 is 44.6 Å². The highest BCUT2D eigenvalue weighted by Crippen LogP contribution is 2.27. The van der Waals surface area contributed by atoms with Gasteiger partial charge in [0, 0.05) is 19.2 Å². The van der Waals surface area contributed by atoms with Gasteiger partial charge in [-0.2, -0.15) is 0 Å². The van der Waals surface area contributed by atoms with E-state index >= 15 is 0 Å². The van der Waals surface area contributed by atoms with E-state index in [9.17, 15) is 23.3 Å². The third-order valence-corrected chi connectivity index (χ3v) is 5.26. The van der Waals surface area contributed by atoms with Crippen LogP contribution in [-0.2, 0) is 10.0 Å². The monoisotopic (exact) mass is 397 g/mol. The summed E-state index contributed by atoms with van der Waals surface area (Å²) in [6.07, 6.45) is 1.05. The summed E-state index contributed by atoms with van der Waals surface area (Å²) >= 11 is 6.12. The highest BCUT2D eigenvalue weighted by atomic mass is 35.5. The van der Waals surface area contributed by atoms with Crippen molar-refractivity contribution in [2.75, 3.05) is 22.9 Å². The number of non-ortho nitro benzene ring substituents is 1. The molecule has 0 aliphatic rings. The third kappa shape index (κ3) is 4.30. The van der Waals surface area contributed by atoms with E-state index in [1.807, 2.05) is 0 Å². The number of nitrogens with one attached hydrogen (secondary N) is 1. The Labute approximate surface area is 155 Å². The van der Waals surface area contributed by atoms with Crippen molar-refractivity contribution in [2.24, 2.45) is 0 Å². The summed E-state index contributed by atoms with van der Waals surface area (Å²) in [4.78, 5) is 22.8. The Kier molecular flexibility index (Phi) is 5.53. The van der Waals surface area contributed by atoms with Gasteiger partial charge in [-0.15, -0.1) is 0 Å². The van der Waals surface area contributed by atoms with Crippen molar-refractivity contribution in [2.45, 2.75) is 6.92 Å². The maximum absolute atomic E-state index is 12.4. The first-order valence-corrected chi connectivity index (χ1v) is 9.53. The van der Waals surface area contributed by atoms with Crippen LogP contribution in [0.4, 0.5) is 17.1 Å². The number of hydrogen-bond acceptors (Lipinski definition) is 5. The summed E-state index contributed by atoms with van der Waals surface area (Å²) < 4.78 is 24.2. The van der Waals surface area contributed by atoms with Crippen molar-refractivity contribution < 1.29 is 18.1 Å². The van der Waals surface area contributed by atoms with Crippen molar-refractivity contribution in [3.05, 3.63) is 62.7 Å². The largest absolute Gasteiger partial charge is 0.321 e. The zero-order chi connectivity index (χ0) is 19.6. The SMILES string of the molecule is Cc1ccc([N+](=O)[O-])cc1NC(=O)c1ccc(N(C)S(C)(=O)=O)cc1Cl. The highest BCUT2D eigenvalue weighted by Gasteiger charge is 2.17. The smallest absolute Gasteiger partial charge is 0.271 e. The van der Waals surface area contributed by atoms with Gasteiger partial charge in [0.1, 0.15) is 0 Å². The molecule has 0 aromatic heterocycles. The predicted molar refractivity (Wildman–Crippen MR) is 100 cm³/mol. The molecule has 1 amide bonds. The summed E-state index contributed by atoms with van der Waals surface area (Å²) in [5.74, 6) is -0.563. The zero-order valence-corrected chi connectivity index (χ0v) is 15.8. The van der Waals surface area contributed by atoms with E-state index in [-0.39, 0.29) is 22.0 Å². The molecule has 0 spiro atoms. The first kappa shape index (κ1) is 19.7. The molecule has 0 saturated carbocycles. The molecular formula is C16H16ClN3O5S. The molecule has 0 bridgehead atoms. The molecule has 0 heterocycles. The number of halogens is 1. The molecule has 0 radical (unpaired) electrons. The van der Waals surface area contributed by atoms with Crippen LogP contribution in [0.3, 0.4) is 0 Å². The van der Waals surface area contributed by atoms with Gasteiger partial charge in [-0.25, -0.2) is 8.42 Å². The van der Waals surface area contributed by atoms with Gasteiger partial charge < -0.3 is 5.32 Å². The molecule has 0 saturated heterocycles. The standard InChI is InChI=1S/C16H16ClN3O5S/c1-10-4-5-12(20(22)23)9-15(10)18-16(21)13-7-6-11(8-14(13)17)19(2)26(3,24)25/h4-9H,1-3H3,(H,18,21). The lowest BCUT2D eigenvalue weighted by atomic mass is 10.1. The number of sulfonamides is 1. The van der Waals surface area contributed by atoms with Crippen LogP contribution in [0.5, 0.6) is 0 Å². The van der Waals surface area contributed by atoms with Crippen LogP contribution >= 0.6 is 11.6 Å². The number of benzene rings is 2. The van der Waals surface area contributed by atoms with Crippen LogP contribution in [0.2, 0.25) is 5.02 Å². The number of nitro groups is 1. The number of nitrogens with zero attached hydrogens (tertiary/aromatic N) is 2. The quantitative estimate of drug-likeness (QED) is 0.615. The Hall–Kier alpha value is -2.65. The summed E-state index contributed by atoms with van der Waals surface area (Å²) in [7, 11) is -2.09. The van der Waals surface area contributed by atoms with Gasteiger partial charge >= 0.3 is 0 Å². The van der Waals surface area contributed by atoms with Gasteiger partial charge in [0.15, 0.2) is 0 Å². The Morgan fingerprint density at radius 3 is 2.42 bits per heavy atom. The van der Waals surface area contributed by atoms with Crippen LogP contribution < -0.4 is 9.62 Å². The highest BCUT2D eigenvalue weighted by molar-refractivity contribution is 7.92. The molecule has 0 atom stereocenters.